The Bertz CT molecular complexity index is 1230. The van der Waals surface area contributed by atoms with Gasteiger partial charge in [0.1, 0.15) is 5.82 Å². The molecule has 2 aromatic heterocycles. The fourth-order valence-corrected chi connectivity index (χ4v) is 3.26. The van der Waals surface area contributed by atoms with Gasteiger partial charge in [-0.3, -0.25) is 9.59 Å². The van der Waals surface area contributed by atoms with Crippen LogP contribution in [-0.4, -0.2) is 21.6 Å². The average Bonchev–Trinajstić information content (AvgIpc) is 3.42. The van der Waals surface area contributed by atoms with E-state index in [4.69, 9.17) is 16.0 Å². The Morgan fingerprint density at radius 1 is 1.03 bits per heavy atom. The van der Waals surface area contributed by atoms with Crippen LogP contribution in [0.15, 0.2) is 77.5 Å². The van der Waals surface area contributed by atoms with Crippen LogP contribution in [0.25, 0.3) is 0 Å². The van der Waals surface area contributed by atoms with Crippen molar-refractivity contribution in [3.05, 3.63) is 101 Å². The van der Waals surface area contributed by atoms with Crippen molar-refractivity contribution in [2.24, 2.45) is 0 Å². The lowest BCUT2D eigenvalue weighted by molar-refractivity contribution is 0.0993. The number of hydrogen-bond acceptors (Lipinski definition) is 4. The third kappa shape index (κ3) is 4.84. The molecule has 0 unspecified atom stereocenters. The maximum absolute atomic E-state index is 12.8. The van der Waals surface area contributed by atoms with Gasteiger partial charge in [-0.15, -0.1) is 0 Å². The predicted octanol–water partition coefficient (Wildman–Crippen LogP) is 4.99. The molecule has 31 heavy (non-hydrogen) atoms. The number of hydrogen-bond donors (Lipinski definition) is 2. The standard InChI is InChI=1S/C23H19ClN4O3/c1-15-7-8-17(13-19(15)26-23(30)20-6-3-11-31-20)22(29)27-21-9-10-25-28(21)14-16-4-2-5-18(24)12-16/h2-13H,14H2,1H3,(H,26,30)(H,27,29). The number of furan rings is 1. The first-order chi connectivity index (χ1) is 15.0. The van der Waals surface area contributed by atoms with Crippen LogP contribution in [-0.2, 0) is 6.54 Å². The first kappa shape index (κ1) is 20.4. The molecule has 2 N–H and O–H groups in total. The Morgan fingerprint density at radius 3 is 2.68 bits per heavy atom. The van der Waals surface area contributed by atoms with Gasteiger partial charge < -0.3 is 15.1 Å². The van der Waals surface area contributed by atoms with Gasteiger partial charge in [0.05, 0.1) is 19.0 Å². The topological polar surface area (TPSA) is 89.2 Å². The summed E-state index contributed by atoms with van der Waals surface area (Å²) in [6, 6.07) is 17.5. The molecular weight excluding hydrogens is 416 g/mol. The van der Waals surface area contributed by atoms with E-state index >= 15 is 0 Å². The van der Waals surface area contributed by atoms with Crippen LogP contribution in [0.3, 0.4) is 0 Å². The first-order valence-corrected chi connectivity index (χ1v) is 9.90. The van der Waals surface area contributed by atoms with E-state index < -0.39 is 0 Å². The van der Waals surface area contributed by atoms with E-state index in [0.29, 0.717) is 28.6 Å². The monoisotopic (exact) mass is 434 g/mol. The molecule has 7 nitrogen and oxygen atoms in total. The summed E-state index contributed by atoms with van der Waals surface area (Å²) in [5.41, 5.74) is 2.71. The van der Waals surface area contributed by atoms with E-state index in [-0.39, 0.29) is 17.6 Å². The van der Waals surface area contributed by atoms with Crippen LogP contribution < -0.4 is 10.6 Å². The fourth-order valence-electron chi connectivity index (χ4n) is 3.05. The zero-order valence-electron chi connectivity index (χ0n) is 16.6. The predicted molar refractivity (Wildman–Crippen MR) is 119 cm³/mol. The lowest BCUT2D eigenvalue weighted by Gasteiger charge is -2.12. The molecule has 156 valence electrons. The molecular formula is C23H19ClN4O3. The maximum Gasteiger partial charge on any atom is 0.291 e. The highest BCUT2D eigenvalue weighted by Gasteiger charge is 2.14. The van der Waals surface area contributed by atoms with Crippen molar-refractivity contribution in [1.29, 1.82) is 0 Å². The Labute approximate surface area is 183 Å². The quantitative estimate of drug-likeness (QED) is 0.447. The molecule has 4 rings (SSSR count). The van der Waals surface area contributed by atoms with Gasteiger partial charge in [-0.05, 0) is 54.4 Å². The summed E-state index contributed by atoms with van der Waals surface area (Å²) in [6.45, 7) is 2.31. The highest BCUT2D eigenvalue weighted by Crippen LogP contribution is 2.20. The second-order valence-corrected chi connectivity index (χ2v) is 7.36. The van der Waals surface area contributed by atoms with Gasteiger partial charge in [0.15, 0.2) is 5.76 Å². The molecule has 0 saturated carbocycles. The number of anilines is 2. The van der Waals surface area contributed by atoms with Crippen molar-refractivity contribution in [3.8, 4) is 0 Å². The molecule has 2 amide bonds. The molecule has 0 radical (unpaired) electrons. The van der Waals surface area contributed by atoms with Gasteiger partial charge in [0.2, 0.25) is 0 Å². The molecule has 0 aliphatic heterocycles. The Morgan fingerprint density at radius 2 is 1.90 bits per heavy atom. The van der Waals surface area contributed by atoms with Gasteiger partial charge in [-0.2, -0.15) is 5.10 Å². The summed E-state index contributed by atoms with van der Waals surface area (Å²) in [4.78, 5) is 25.1. The number of benzene rings is 2. The van der Waals surface area contributed by atoms with Crippen molar-refractivity contribution in [3.63, 3.8) is 0 Å². The lowest BCUT2D eigenvalue weighted by Crippen LogP contribution is -2.17. The summed E-state index contributed by atoms with van der Waals surface area (Å²) in [6.07, 6.45) is 3.04. The highest BCUT2D eigenvalue weighted by molar-refractivity contribution is 6.30. The minimum absolute atomic E-state index is 0.194. The van der Waals surface area contributed by atoms with Gasteiger partial charge in [0, 0.05) is 22.3 Å². The van der Waals surface area contributed by atoms with Crippen LogP contribution in [0.4, 0.5) is 11.5 Å². The molecule has 0 aliphatic rings. The van der Waals surface area contributed by atoms with Gasteiger partial charge >= 0.3 is 0 Å². The molecule has 0 bridgehead atoms. The van der Waals surface area contributed by atoms with E-state index in [2.05, 4.69) is 15.7 Å². The van der Waals surface area contributed by atoms with Gasteiger partial charge in [0.25, 0.3) is 11.8 Å². The molecule has 0 fully saturated rings. The molecule has 0 spiro atoms. The van der Waals surface area contributed by atoms with Crippen molar-refractivity contribution < 1.29 is 14.0 Å². The van der Waals surface area contributed by atoms with Crippen molar-refractivity contribution in [1.82, 2.24) is 9.78 Å². The molecule has 8 heteroatoms. The molecule has 2 heterocycles. The van der Waals surface area contributed by atoms with Crippen LogP contribution in [0.2, 0.25) is 5.02 Å². The third-order valence-corrected chi connectivity index (χ3v) is 4.91. The number of amides is 2. The SMILES string of the molecule is Cc1ccc(C(=O)Nc2ccnn2Cc2cccc(Cl)c2)cc1NC(=O)c1ccco1. The Balaban J connectivity index is 1.49. The van der Waals surface area contributed by atoms with Crippen molar-refractivity contribution in [2.45, 2.75) is 13.5 Å². The molecule has 0 aliphatic carbocycles. The molecule has 4 aromatic rings. The van der Waals surface area contributed by atoms with E-state index in [1.807, 2.05) is 25.1 Å². The molecule has 2 aromatic carbocycles. The summed E-state index contributed by atoms with van der Waals surface area (Å²) in [5.74, 6) is 0.0393. The summed E-state index contributed by atoms with van der Waals surface area (Å²) < 4.78 is 6.79. The smallest absolute Gasteiger partial charge is 0.291 e. The number of halogens is 1. The van der Waals surface area contributed by atoms with Gasteiger partial charge in [-0.1, -0.05) is 29.8 Å². The van der Waals surface area contributed by atoms with Crippen molar-refractivity contribution >= 4 is 34.9 Å². The third-order valence-electron chi connectivity index (χ3n) is 4.67. The van der Waals surface area contributed by atoms with Crippen LogP contribution in [0, 0.1) is 6.92 Å². The van der Waals surface area contributed by atoms with E-state index in [9.17, 15) is 9.59 Å². The number of rotatable bonds is 6. The van der Waals surface area contributed by atoms with Gasteiger partial charge in [-0.25, -0.2) is 4.68 Å². The molecule has 0 saturated heterocycles. The zero-order valence-corrected chi connectivity index (χ0v) is 17.4. The summed E-state index contributed by atoms with van der Waals surface area (Å²) in [7, 11) is 0. The lowest BCUT2D eigenvalue weighted by atomic mass is 10.1. The maximum atomic E-state index is 12.8. The Hall–Kier alpha value is -3.84. The van der Waals surface area contributed by atoms with E-state index in [1.165, 1.54) is 6.26 Å². The Kier molecular flexibility index (Phi) is 5.86. The highest BCUT2D eigenvalue weighted by atomic mass is 35.5. The number of nitrogens with zero attached hydrogens (tertiary/aromatic N) is 2. The fraction of sp³-hybridized carbons (Fsp3) is 0.0870. The second-order valence-electron chi connectivity index (χ2n) is 6.92. The summed E-state index contributed by atoms with van der Waals surface area (Å²) in [5, 5.41) is 10.6. The van der Waals surface area contributed by atoms with Crippen molar-refractivity contribution in [2.75, 3.05) is 10.6 Å². The zero-order chi connectivity index (χ0) is 21.8. The van der Waals surface area contributed by atoms with E-state index in [0.717, 1.165) is 11.1 Å². The van der Waals surface area contributed by atoms with Crippen LogP contribution >= 0.6 is 11.6 Å². The number of nitrogens with one attached hydrogen (secondary N) is 2. The van der Waals surface area contributed by atoms with E-state index in [1.54, 1.807) is 53.3 Å². The van der Waals surface area contributed by atoms with Crippen LogP contribution in [0.5, 0.6) is 0 Å². The minimum Gasteiger partial charge on any atom is -0.459 e. The second kappa shape index (κ2) is 8.89. The molecule has 0 atom stereocenters. The normalized spacial score (nSPS) is 10.6. The number of aryl methyl sites for hydroxylation is 1. The average molecular weight is 435 g/mol. The number of aromatic nitrogens is 2. The minimum atomic E-state index is -0.384. The number of carbonyl (C=O) groups is 2. The largest absolute Gasteiger partial charge is 0.459 e. The van der Waals surface area contributed by atoms with Crippen LogP contribution in [0.1, 0.15) is 32.0 Å². The first-order valence-electron chi connectivity index (χ1n) is 9.53. The summed E-state index contributed by atoms with van der Waals surface area (Å²) >= 11 is 6.05. The number of carbonyl (C=O) groups excluding carboxylic acids is 2.